The topological polar surface area (TPSA) is 158 Å². The first-order valence-electron chi connectivity index (χ1n) is 18.6. The minimum absolute atomic E-state index is 0.0781. The van der Waals surface area contributed by atoms with Crippen molar-refractivity contribution in [3.8, 4) is 10.4 Å². The van der Waals surface area contributed by atoms with Crippen LogP contribution in [-0.2, 0) is 41.6 Å². The Morgan fingerprint density at radius 3 is 2.31 bits per heavy atom. The Morgan fingerprint density at radius 2 is 1.63 bits per heavy atom. The fourth-order valence-corrected chi connectivity index (χ4v) is 8.68. The number of carbonyl (C=O) groups is 6. The fourth-order valence-electron chi connectivity index (χ4n) is 7.70. The molecule has 2 aromatic heterocycles. The van der Waals surface area contributed by atoms with Crippen LogP contribution in [0.25, 0.3) is 15.4 Å². The molecule has 6 rings (SSSR count). The molecule has 4 atom stereocenters. The molecule has 13 heteroatoms. The molecule has 0 spiro atoms. The number of rotatable bonds is 15. The third-order valence-electron chi connectivity index (χ3n) is 10.4. The molecule has 12 nitrogen and oxygen atoms in total. The second-order valence-corrected chi connectivity index (χ2v) is 15.7. The number of nitrogens with zero attached hydrogens (tertiary/aromatic N) is 4. The van der Waals surface area contributed by atoms with Gasteiger partial charge in [-0.3, -0.25) is 33.2 Å². The van der Waals surface area contributed by atoms with E-state index in [9.17, 15) is 33.9 Å². The van der Waals surface area contributed by atoms with Gasteiger partial charge < -0.3 is 20.2 Å². The highest BCUT2D eigenvalue weighted by atomic mass is 32.1. The van der Waals surface area contributed by atoms with Crippen molar-refractivity contribution >= 4 is 51.4 Å². The average molecular weight is 754 g/mol. The van der Waals surface area contributed by atoms with Crippen molar-refractivity contribution in [2.45, 2.75) is 89.8 Å². The number of hydrogen-bond acceptors (Lipinski definition) is 9. The van der Waals surface area contributed by atoms with E-state index in [0.717, 1.165) is 22.4 Å². The molecule has 0 radical (unpaired) electrons. The standard InChI is InChI=1S/C41H47N5O7S/c1-25(2)38(42-26(3)48)40(53)46-17-8-14-33(46)35(50)20-30-22-44-23-36(54-41(44)43-30)29-13-7-10-27(18-29)19-37(51)45-16-9-15-34(45)39(52)32(21-31(49)24-47)28-11-5-4-6-12-28/h4-7,10-13,18,22-23,25,32-34,38,47H,8-9,14-17,19-21,24H2,1-3H3,(H,42,48)/t32-,33+,34?,38+/m1/s1. The van der Waals surface area contributed by atoms with Gasteiger partial charge in [-0.05, 0) is 54.4 Å². The smallest absolute Gasteiger partial charge is 0.246 e. The maximum absolute atomic E-state index is 13.9. The predicted octanol–water partition coefficient (Wildman–Crippen LogP) is 4.16. The van der Waals surface area contributed by atoms with Crippen LogP contribution < -0.4 is 5.32 Å². The lowest BCUT2D eigenvalue weighted by Gasteiger charge is -2.30. The van der Waals surface area contributed by atoms with Gasteiger partial charge in [-0.25, -0.2) is 4.98 Å². The molecule has 2 aliphatic rings. The van der Waals surface area contributed by atoms with Crippen molar-refractivity contribution in [2.75, 3.05) is 19.7 Å². The van der Waals surface area contributed by atoms with E-state index < -0.39 is 36.4 Å². The molecular weight excluding hydrogens is 707 g/mol. The van der Waals surface area contributed by atoms with Gasteiger partial charge in [0.15, 0.2) is 22.3 Å². The van der Waals surface area contributed by atoms with E-state index in [1.54, 1.807) is 21.9 Å². The second kappa shape index (κ2) is 17.0. The first-order chi connectivity index (χ1) is 25.9. The molecule has 0 aliphatic carbocycles. The predicted molar refractivity (Wildman–Crippen MR) is 204 cm³/mol. The number of likely N-dealkylation sites (tertiary alicyclic amines) is 2. The quantitative estimate of drug-likeness (QED) is 0.183. The van der Waals surface area contributed by atoms with E-state index in [0.29, 0.717) is 48.6 Å². The Labute approximate surface area is 318 Å². The van der Waals surface area contributed by atoms with Gasteiger partial charge in [0.2, 0.25) is 17.7 Å². The van der Waals surface area contributed by atoms with Gasteiger partial charge in [0, 0.05) is 38.8 Å². The Morgan fingerprint density at radius 1 is 0.907 bits per heavy atom. The number of benzene rings is 2. The van der Waals surface area contributed by atoms with Crippen LogP contribution in [0.3, 0.4) is 0 Å². The van der Waals surface area contributed by atoms with Crippen LogP contribution in [0.15, 0.2) is 67.0 Å². The number of ketones is 3. The van der Waals surface area contributed by atoms with Crippen LogP contribution in [0.5, 0.6) is 0 Å². The van der Waals surface area contributed by atoms with Crippen molar-refractivity contribution < 1.29 is 33.9 Å². The van der Waals surface area contributed by atoms with Crippen LogP contribution in [0.1, 0.15) is 75.6 Å². The first kappa shape index (κ1) is 38.7. The molecule has 3 amide bonds. The summed E-state index contributed by atoms with van der Waals surface area (Å²) in [6, 6.07) is 14.9. The number of amides is 3. The molecule has 2 fully saturated rings. The zero-order valence-corrected chi connectivity index (χ0v) is 31.7. The van der Waals surface area contributed by atoms with E-state index in [4.69, 9.17) is 4.98 Å². The molecule has 0 saturated carbocycles. The number of fused-ring (bicyclic) bond motifs is 1. The summed E-state index contributed by atoms with van der Waals surface area (Å²) in [6.07, 6.45) is 6.38. The summed E-state index contributed by atoms with van der Waals surface area (Å²) >= 11 is 1.46. The number of imidazole rings is 1. The van der Waals surface area contributed by atoms with Crippen LogP contribution in [0.2, 0.25) is 0 Å². The highest BCUT2D eigenvalue weighted by Gasteiger charge is 2.40. The monoisotopic (exact) mass is 753 g/mol. The molecule has 2 aromatic carbocycles. The molecule has 4 heterocycles. The van der Waals surface area contributed by atoms with Gasteiger partial charge in [-0.2, -0.15) is 0 Å². The van der Waals surface area contributed by atoms with Gasteiger partial charge in [-0.15, -0.1) is 0 Å². The van der Waals surface area contributed by atoms with E-state index in [-0.39, 0.29) is 54.5 Å². The van der Waals surface area contributed by atoms with Gasteiger partial charge in [0.1, 0.15) is 12.6 Å². The summed E-state index contributed by atoms with van der Waals surface area (Å²) < 4.78 is 1.88. The number of Topliss-reactive ketones (excluding diaryl/α,β-unsaturated/α-hetero) is 3. The molecule has 0 bridgehead atoms. The number of aliphatic hydroxyl groups excluding tert-OH is 1. The van der Waals surface area contributed by atoms with Crippen molar-refractivity contribution in [3.05, 3.63) is 83.8 Å². The van der Waals surface area contributed by atoms with Gasteiger partial charge in [0.25, 0.3) is 0 Å². The summed E-state index contributed by atoms with van der Waals surface area (Å²) in [6.45, 7) is 5.43. The minimum Gasteiger partial charge on any atom is -0.389 e. The van der Waals surface area contributed by atoms with Crippen LogP contribution in [-0.4, -0.2) is 97.2 Å². The Bertz CT molecular complexity index is 2010. The van der Waals surface area contributed by atoms with Crippen molar-refractivity contribution in [2.24, 2.45) is 5.92 Å². The van der Waals surface area contributed by atoms with Crippen LogP contribution in [0.4, 0.5) is 0 Å². The van der Waals surface area contributed by atoms with E-state index in [1.165, 1.54) is 18.3 Å². The molecule has 2 saturated heterocycles. The lowest BCUT2D eigenvalue weighted by Crippen LogP contribution is -2.53. The second-order valence-electron chi connectivity index (χ2n) is 14.7. The molecule has 284 valence electrons. The zero-order valence-electron chi connectivity index (χ0n) is 30.9. The number of nitrogens with one attached hydrogen (secondary N) is 1. The Hall–Kier alpha value is -5.01. The maximum Gasteiger partial charge on any atom is 0.246 e. The van der Waals surface area contributed by atoms with Gasteiger partial charge in [-0.1, -0.05) is 73.7 Å². The van der Waals surface area contributed by atoms with Crippen LogP contribution in [0, 0.1) is 5.92 Å². The third kappa shape index (κ3) is 8.68. The molecule has 4 aromatic rings. The maximum atomic E-state index is 13.9. The highest BCUT2D eigenvalue weighted by molar-refractivity contribution is 7.20. The average Bonchev–Trinajstić information content (AvgIpc) is 3.97. The van der Waals surface area contributed by atoms with E-state index in [2.05, 4.69) is 5.32 Å². The zero-order chi connectivity index (χ0) is 38.5. The van der Waals surface area contributed by atoms with Crippen molar-refractivity contribution in [3.63, 3.8) is 0 Å². The first-order valence-corrected chi connectivity index (χ1v) is 19.4. The molecular formula is C41H47N5O7S. The largest absolute Gasteiger partial charge is 0.389 e. The molecule has 54 heavy (non-hydrogen) atoms. The third-order valence-corrected chi connectivity index (χ3v) is 11.4. The molecule has 2 N–H and O–H groups in total. The SMILES string of the molecule is CC(=O)N[C@H](C(=O)N1CCC[C@H]1C(=O)Cc1cn2cc(-c3cccc(CC(=O)N4CCCC4C(=O)[C@H](CC(=O)CO)c4ccccc4)c3)sc2n1)C(C)C. The summed E-state index contributed by atoms with van der Waals surface area (Å²) in [5.41, 5.74) is 3.03. The Kier molecular flexibility index (Phi) is 12.2. The summed E-state index contributed by atoms with van der Waals surface area (Å²) in [5, 5.41) is 12.1. The van der Waals surface area contributed by atoms with Gasteiger partial charge >= 0.3 is 0 Å². The summed E-state index contributed by atoms with van der Waals surface area (Å²) in [7, 11) is 0. The van der Waals surface area contributed by atoms with E-state index >= 15 is 0 Å². The number of thiazole rings is 1. The fraction of sp³-hybridized carbons (Fsp3) is 0.439. The van der Waals surface area contributed by atoms with E-state index in [1.807, 2.05) is 73.1 Å². The summed E-state index contributed by atoms with van der Waals surface area (Å²) in [5.74, 6) is -2.19. The minimum atomic E-state index is -0.732. The highest BCUT2D eigenvalue weighted by Crippen LogP contribution is 2.32. The molecule has 2 aliphatic heterocycles. The molecule has 1 unspecified atom stereocenters. The number of aliphatic hydroxyl groups is 1. The lowest BCUT2D eigenvalue weighted by atomic mass is 9.86. The Balaban J connectivity index is 1.11. The van der Waals surface area contributed by atoms with Crippen LogP contribution >= 0.6 is 11.3 Å². The summed E-state index contributed by atoms with van der Waals surface area (Å²) in [4.78, 5) is 88.0. The normalized spacial score (nSPS) is 18.2. The van der Waals surface area contributed by atoms with Crippen molar-refractivity contribution in [1.29, 1.82) is 0 Å². The lowest BCUT2D eigenvalue weighted by molar-refractivity contribution is -0.141. The number of carbonyl (C=O) groups excluding carboxylic acids is 6. The van der Waals surface area contributed by atoms with Crippen molar-refractivity contribution in [1.82, 2.24) is 24.5 Å². The van der Waals surface area contributed by atoms with Gasteiger partial charge in [0.05, 0.1) is 41.4 Å². The number of hydrogen-bond donors (Lipinski definition) is 2. The number of aromatic nitrogens is 2.